The summed E-state index contributed by atoms with van der Waals surface area (Å²) in [5.74, 6) is -7.41. The standard InChI is InChI=1S/C40H63NO9.C27H40N2O5.3C2H6/c1-28(2)27-50-39(47)34-22-16-17-25-41(34)38(46)37(45)40(48,49)32(6)21-15-11-13-19-29(3)18-12-9-8-10-14-20-30(4)35(43)26-36(44)31(5)23-24-33(7)42;1-17(2)28-25-18(3)24(19(4)26(20(25)5)29-21(6)30)27(32)33-16-12-8-11-15-23(31)34-22-13-9-7-10-14-22;3*1-2/h8-10,12,18,23,28,30,32,34,36,44,48-49H,11,13-17,19-22,24-27H2,1-7H3;22,28H,1,7-16H2,2-6H3,(H,29,30);3*1-2H3/b10-8+,12-9+,29-18+,31-23+;;;;. The molecule has 1 aliphatic carbocycles. The van der Waals surface area contributed by atoms with E-state index in [0.29, 0.717) is 80.2 Å². The fourth-order valence-electron chi connectivity index (χ4n) is 10.1. The van der Waals surface area contributed by atoms with Crippen LogP contribution in [-0.2, 0) is 47.8 Å². The lowest BCUT2D eigenvalue weighted by molar-refractivity contribution is -0.205. The van der Waals surface area contributed by atoms with Crippen LogP contribution in [0.2, 0.25) is 0 Å². The molecule has 17 nitrogen and oxygen atoms in total. The number of hydrogen-bond acceptors (Lipinski definition) is 15. The number of piperidine rings is 1. The van der Waals surface area contributed by atoms with Crippen LogP contribution in [0.25, 0.3) is 0 Å². The highest BCUT2D eigenvalue weighted by molar-refractivity contribution is 6.39. The molecule has 512 valence electrons. The molecule has 0 aromatic heterocycles. The van der Waals surface area contributed by atoms with Crippen molar-refractivity contribution in [2.45, 2.75) is 284 Å². The maximum atomic E-state index is 13.1. The lowest BCUT2D eigenvalue weighted by atomic mass is 9.89. The van der Waals surface area contributed by atoms with Crippen LogP contribution in [0.5, 0.6) is 0 Å². The molecular formula is C73H121N3O14. The van der Waals surface area contributed by atoms with E-state index in [1.54, 1.807) is 19.9 Å². The Bertz CT molecular complexity index is 2450. The number of carbonyl (C=O) groups is 8. The molecule has 0 bridgehead atoms. The molecule has 1 saturated carbocycles. The highest BCUT2D eigenvalue weighted by Gasteiger charge is 2.47. The van der Waals surface area contributed by atoms with Gasteiger partial charge in [-0.25, -0.2) is 9.59 Å². The number of likely N-dealkylation sites (tertiary alicyclic amines) is 1. The van der Waals surface area contributed by atoms with Crippen molar-refractivity contribution >= 4 is 58.4 Å². The number of allylic oxidation sites excluding steroid dienone is 8. The first kappa shape index (κ1) is 86.0. The molecule has 0 spiro atoms. The number of esters is 3. The molecule has 5 N–H and O–H groups in total. The quantitative estimate of drug-likeness (QED) is 0.00818. The summed E-state index contributed by atoms with van der Waals surface area (Å²) in [4.78, 5) is 100. The first-order valence-electron chi connectivity index (χ1n) is 33.6. The number of nitrogens with zero attached hydrogens (tertiary/aromatic N) is 1. The van der Waals surface area contributed by atoms with Crippen molar-refractivity contribution in [2.24, 2.45) is 17.8 Å². The molecule has 1 saturated heterocycles. The van der Waals surface area contributed by atoms with Gasteiger partial charge in [-0.2, -0.15) is 0 Å². The van der Waals surface area contributed by atoms with Gasteiger partial charge in [-0.05, 0) is 173 Å². The van der Waals surface area contributed by atoms with Gasteiger partial charge in [-0.1, -0.05) is 137 Å². The largest absolute Gasteiger partial charge is 0.464 e. The third-order valence-corrected chi connectivity index (χ3v) is 15.4. The minimum Gasteiger partial charge on any atom is -0.464 e. The molecule has 2 fully saturated rings. The summed E-state index contributed by atoms with van der Waals surface area (Å²) in [5, 5.41) is 37.7. The molecule has 2 amide bonds. The van der Waals surface area contributed by atoms with Gasteiger partial charge in [0.15, 0.2) is 0 Å². The first-order chi connectivity index (χ1) is 42.6. The number of amides is 2. The van der Waals surface area contributed by atoms with Gasteiger partial charge in [-0.3, -0.25) is 28.8 Å². The number of carbonyl (C=O) groups excluding carboxylic acids is 8. The Balaban J connectivity index is 0. The van der Waals surface area contributed by atoms with Crippen LogP contribution < -0.4 is 10.6 Å². The maximum Gasteiger partial charge on any atom is 0.338 e. The highest BCUT2D eigenvalue weighted by Crippen LogP contribution is 2.36. The van der Waals surface area contributed by atoms with E-state index in [2.05, 4.69) is 17.2 Å². The summed E-state index contributed by atoms with van der Waals surface area (Å²) in [6, 6.07) is -0.899. The van der Waals surface area contributed by atoms with E-state index in [4.69, 9.17) is 14.2 Å². The summed E-state index contributed by atoms with van der Waals surface area (Å²) >= 11 is 0. The Morgan fingerprint density at radius 2 is 1.29 bits per heavy atom. The fourth-order valence-corrected chi connectivity index (χ4v) is 10.1. The molecule has 1 aromatic carbocycles. The van der Waals surface area contributed by atoms with Gasteiger partial charge in [-0.15, -0.1) is 0 Å². The third kappa shape index (κ3) is 33.9. The molecular weight excluding hydrogens is 1140 g/mol. The monoisotopic (exact) mass is 1260 g/mol. The Hall–Kier alpha value is -6.04. The smallest absolute Gasteiger partial charge is 0.338 e. The maximum absolute atomic E-state index is 13.1. The normalized spacial score (nSPS) is 15.4. The predicted octanol–water partition coefficient (Wildman–Crippen LogP) is 15.3. The van der Waals surface area contributed by atoms with Crippen LogP contribution in [0, 0.1) is 38.5 Å². The second-order valence-corrected chi connectivity index (χ2v) is 23.7. The second-order valence-electron chi connectivity index (χ2n) is 23.7. The van der Waals surface area contributed by atoms with Crippen LogP contribution in [0.15, 0.2) is 59.9 Å². The topological polar surface area (TPSA) is 252 Å². The van der Waals surface area contributed by atoms with E-state index in [1.807, 2.05) is 127 Å². The number of nitrogens with one attached hydrogen (secondary N) is 2. The number of Topliss-reactive ketones (excluding diaryl/α,β-unsaturated/α-hetero) is 3. The number of aliphatic hydroxyl groups is 3. The summed E-state index contributed by atoms with van der Waals surface area (Å²) in [6.45, 7) is 37.9. The molecule has 4 atom stereocenters. The van der Waals surface area contributed by atoms with Crippen LogP contribution >= 0.6 is 0 Å². The summed E-state index contributed by atoms with van der Waals surface area (Å²) in [5.41, 5.74) is 6.61. The number of benzene rings is 1. The number of ketones is 3. The molecule has 17 heteroatoms. The van der Waals surface area contributed by atoms with Crippen molar-refractivity contribution in [2.75, 3.05) is 30.4 Å². The number of unbranched alkanes of at least 4 members (excludes halogenated alkanes) is 4. The Labute approximate surface area is 542 Å². The van der Waals surface area contributed by atoms with E-state index >= 15 is 0 Å². The van der Waals surface area contributed by atoms with Crippen LogP contribution in [-0.4, -0.2) is 111 Å². The van der Waals surface area contributed by atoms with E-state index < -0.39 is 47.5 Å². The lowest BCUT2D eigenvalue weighted by Gasteiger charge is -2.36. The molecule has 2 aliphatic rings. The molecule has 90 heavy (non-hydrogen) atoms. The van der Waals surface area contributed by atoms with E-state index in [1.165, 1.54) is 25.8 Å². The van der Waals surface area contributed by atoms with Crippen LogP contribution in [0.4, 0.5) is 11.4 Å². The zero-order valence-electron chi connectivity index (χ0n) is 58.9. The molecule has 4 unspecified atom stereocenters. The van der Waals surface area contributed by atoms with Crippen LogP contribution in [0.3, 0.4) is 0 Å². The molecule has 1 aromatic rings. The average Bonchev–Trinajstić information content (AvgIpc) is 1.73. The van der Waals surface area contributed by atoms with Crippen molar-refractivity contribution in [3.8, 4) is 0 Å². The van der Waals surface area contributed by atoms with E-state index in [-0.39, 0.29) is 74.0 Å². The van der Waals surface area contributed by atoms with Crippen molar-refractivity contribution in [3.05, 3.63) is 82.1 Å². The predicted molar refractivity (Wildman–Crippen MR) is 364 cm³/mol. The SMILES string of the molecule is C=C(C)Nc1c(C)c(NC(C)=O)c(C)c(C(=O)OCCCCCC(=O)OC2CCCCC2)c1C.CC.CC.CC.CC(=O)C/C=C(\C)C(O)CC(=O)C(C)CC/C=C/C=C/C=C(\C)CCCCCC(C)C(O)(O)C(=O)C(=O)N1CCCCC1C(=O)OCC(C)C. The molecule has 3 rings (SSSR count). The average molecular weight is 1260 g/mol. The zero-order valence-corrected chi connectivity index (χ0v) is 58.9. The zero-order chi connectivity index (χ0) is 69.1. The van der Waals surface area contributed by atoms with E-state index in [9.17, 15) is 53.7 Å². The Kier molecular flexibility index (Phi) is 46.6. The number of aliphatic hydroxyl groups excluding tert-OH is 1. The second kappa shape index (κ2) is 48.7. The number of hydrogen-bond donors (Lipinski definition) is 5. The van der Waals surface area contributed by atoms with Crippen molar-refractivity contribution in [3.63, 3.8) is 0 Å². The van der Waals surface area contributed by atoms with Gasteiger partial charge in [0.25, 0.3) is 11.7 Å². The minimum absolute atomic E-state index is 0.00382. The van der Waals surface area contributed by atoms with Crippen molar-refractivity contribution in [1.29, 1.82) is 0 Å². The number of ether oxygens (including phenoxy) is 3. The number of rotatable bonds is 34. The number of anilines is 2. The third-order valence-electron chi connectivity index (χ3n) is 15.4. The summed E-state index contributed by atoms with van der Waals surface area (Å²) < 4.78 is 16.4. The van der Waals surface area contributed by atoms with Crippen molar-refractivity contribution in [1.82, 2.24) is 4.90 Å². The van der Waals surface area contributed by atoms with E-state index in [0.717, 1.165) is 85.2 Å². The lowest BCUT2D eigenvalue weighted by Crippen LogP contribution is -2.57. The van der Waals surface area contributed by atoms with Gasteiger partial charge in [0.2, 0.25) is 11.7 Å². The molecule has 1 aliphatic heterocycles. The summed E-state index contributed by atoms with van der Waals surface area (Å²) in [7, 11) is 0. The van der Waals surface area contributed by atoms with Gasteiger partial charge < -0.3 is 45.1 Å². The Morgan fingerprint density at radius 1 is 0.700 bits per heavy atom. The van der Waals surface area contributed by atoms with Gasteiger partial charge in [0, 0.05) is 61.6 Å². The molecule has 0 radical (unpaired) electrons. The fraction of sp³-hybridized carbons (Fsp3) is 0.671. The van der Waals surface area contributed by atoms with Crippen LogP contribution in [0.1, 0.15) is 266 Å². The molecule has 1 heterocycles. The summed E-state index contributed by atoms with van der Waals surface area (Å²) in [6.07, 6.45) is 25.8. The highest BCUT2D eigenvalue weighted by atomic mass is 16.5. The van der Waals surface area contributed by atoms with Gasteiger partial charge in [0.05, 0.1) is 24.9 Å². The van der Waals surface area contributed by atoms with Gasteiger partial charge in [0.1, 0.15) is 23.7 Å². The van der Waals surface area contributed by atoms with Crippen molar-refractivity contribution < 1.29 is 67.9 Å². The van der Waals surface area contributed by atoms with Gasteiger partial charge >= 0.3 is 17.9 Å². The first-order valence-corrected chi connectivity index (χ1v) is 33.6. The minimum atomic E-state index is -2.82. The Morgan fingerprint density at radius 3 is 1.88 bits per heavy atom.